The highest BCUT2D eigenvalue weighted by atomic mass is 79.9. The number of nitrogens with one attached hydrogen (secondary N) is 1. The van der Waals surface area contributed by atoms with E-state index in [1.807, 2.05) is 59.5 Å². The Morgan fingerprint density at radius 3 is 2.43 bits per heavy atom. The minimum atomic E-state index is -0.172. The van der Waals surface area contributed by atoms with Crippen molar-refractivity contribution in [2.24, 2.45) is 0 Å². The maximum Gasteiger partial charge on any atom is 0.277 e. The molecule has 0 aliphatic carbocycles. The van der Waals surface area contributed by atoms with Gasteiger partial charge in [0.2, 0.25) is 5.91 Å². The molecule has 188 valence electrons. The number of hydrogen-bond donors (Lipinski definition) is 1. The minimum Gasteiger partial charge on any atom is -0.410 e. The molecule has 9 nitrogen and oxygen atoms in total. The van der Waals surface area contributed by atoms with Gasteiger partial charge < -0.3 is 19.5 Å². The number of benzene rings is 2. The number of hydrogen-bond acceptors (Lipinski definition) is 8. The van der Waals surface area contributed by atoms with E-state index in [0.717, 1.165) is 23.2 Å². The molecule has 3 heterocycles. The molecule has 0 saturated carbocycles. The van der Waals surface area contributed by atoms with Crippen LogP contribution >= 0.6 is 27.7 Å². The Labute approximate surface area is 226 Å². The highest BCUT2D eigenvalue weighted by molar-refractivity contribution is 9.10. The van der Waals surface area contributed by atoms with E-state index in [1.54, 1.807) is 18.3 Å². The van der Waals surface area contributed by atoms with Crippen LogP contribution in [0.5, 0.6) is 0 Å². The molecule has 37 heavy (non-hydrogen) atoms. The fraction of sp³-hybridized carbons (Fsp3) is 0.192. The molecule has 0 bridgehead atoms. The summed E-state index contributed by atoms with van der Waals surface area (Å²) >= 11 is 4.63. The molecule has 1 aliphatic heterocycles. The molecule has 4 aromatic rings. The number of nitrogens with zero attached hydrogens (tertiary/aromatic N) is 5. The van der Waals surface area contributed by atoms with E-state index in [1.165, 1.54) is 11.8 Å². The van der Waals surface area contributed by atoms with Crippen LogP contribution in [0.4, 0.5) is 11.4 Å². The predicted molar refractivity (Wildman–Crippen MR) is 146 cm³/mol. The van der Waals surface area contributed by atoms with Gasteiger partial charge in [0.05, 0.1) is 11.3 Å². The molecule has 0 unspecified atom stereocenters. The number of carbonyl (C=O) groups is 2. The van der Waals surface area contributed by atoms with Crippen LogP contribution < -0.4 is 10.2 Å². The molecule has 0 radical (unpaired) electrons. The number of rotatable bonds is 7. The number of thioether (sulfide) groups is 1. The number of amides is 2. The second kappa shape index (κ2) is 11.6. The first-order valence-corrected chi connectivity index (χ1v) is 13.4. The SMILES string of the molecule is O=C(CSc1nnc(-c2ccccn2)o1)Nc1ccc(N2CCN(C(=O)c3ccccc3Br)CC2)cc1. The van der Waals surface area contributed by atoms with E-state index in [2.05, 4.69) is 41.3 Å². The van der Waals surface area contributed by atoms with Crippen molar-refractivity contribution in [3.8, 4) is 11.6 Å². The van der Waals surface area contributed by atoms with Crippen LogP contribution in [0.25, 0.3) is 11.6 Å². The zero-order valence-corrected chi connectivity index (χ0v) is 22.1. The van der Waals surface area contributed by atoms with Crippen molar-refractivity contribution >= 4 is 50.9 Å². The minimum absolute atomic E-state index is 0.0385. The van der Waals surface area contributed by atoms with Crippen LogP contribution in [0.15, 0.2) is 87.0 Å². The lowest BCUT2D eigenvalue weighted by molar-refractivity contribution is -0.113. The highest BCUT2D eigenvalue weighted by Crippen LogP contribution is 2.24. The topological polar surface area (TPSA) is 104 Å². The molecule has 11 heteroatoms. The van der Waals surface area contributed by atoms with Crippen LogP contribution in [0.3, 0.4) is 0 Å². The first-order valence-electron chi connectivity index (χ1n) is 11.6. The largest absolute Gasteiger partial charge is 0.410 e. The zero-order chi connectivity index (χ0) is 25.6. The van der Waals surface area contributed by atoms with Gasteiger partial charge in [0, 0.05) is 48.2 Å². The highest BCUT2D eigenvalue weighted by Gasteiger charge is 2.23. The summed E-state index contributed by atoms with van der Waals surface area (Å²) in [6.07, 6.45) is 1.65. The molecule has 5 rings (SSSR count). The smallest absolute Gasteiger partial charge is 0.277 e. The Morgan fingerprint density at radius 1 is 0.946 bits per heavy atom. The summed E-state index contributed by atoms with van der Waals surface area (Å²) in [4.78, 5) is 33.5. The van der Waals surface area contributed by atoms with Gasteiger partial charge in [0.1, 0.15) is 5.69 Å². The molecular weight excluding hydrogens is 556 g/mol. The number of anilines is 2. The monoisotopic (exact) mass is 578 g/mol. The van der Waals surface area contributed by atoms with E-state index in [9.17, 15) is 9.59 Å². The third kappa shape index (κ3) is 6.17. The molecule has 0 spiro atoms. The van der Waals surface area contributed by atoms with Gasteiger partial charge in [-0.05, 0) is 64.5 Å². The fourth-order valence-corrected chi connectivity index (χ4v) is 4.93. The first-order chi connectivity index (χ1) is 18.1. The standard InChI is InChI=1S/C26H23BrN6O3S/c27-21-6-2-1-5-20(21)25(35)33-15-13-32(14-16-33)19-10-8-18(9-11-19)29-23(34)17-37-26-31-30-24(36-26)22-7-3-4-12-28-22/h1-12H,13-17H2,(H,29,34). The first kappa shape index (κ1) is 25.0. The molecule has 2 aromatic heterocycles. The molecule has 2 aromatic carbocycles. The maximum atomic E-state index is 12.8. The Balaban J connectivity index is 1.09. The van der Waals surface area contributed by atoms with Crippen molar-refractivity contribution in [3.05, 3.63) is 83.0 Å². The summed E-state index contributed by atoms with van der Waals surface area (Å²) in [5.41, 5.74) is 3.02. The fourth-order valence-electron chi connectivity index (χ4n) is 3.91. The van der Waals surface area contributed by atoms with Crippen LogP contribution in [0.2, 0.25) is 0 Å². The summed E-state index contributed by atoms with van der Waals surface area (Å²) in [7, 11) is 0. The Kier molecular flexibility index (Phi) is 7.81. The summed E-state index contributed by atoms with van der Waals surface area (Å²) in [5, 5.41) is 11.1. The zero-order valence-electron chi connectivity index (χ0n) is 19.7. The van der Waals surface area contributed by atoms with Crippen LogP contribution in [-0.4, -0.2) is 63.8 Å². The number of aromatic nitrogens is 3. The van der Waals surface area contributed by atoms with Gasteiger partial charge in [0.15, 0.2) is 0 Å². The number of piperazine rings is 1. The van der Waals surface area contributed by atoms with Crippen molar-refractivity contribution in [3.63, 3.8) is 0 Å². The van der Waals surface area contributed by atoms with Gasteiger partial charge in [-0.25, -0.2) is 0 Å². The summed E-state index contributed by atoms with van der Waals surface area (Å²) < 4.78 is 6.38. The quantitative estimate of drug-likeness (QED) is 0.317. The van der Waals surface area contributed by atoms with Gasteiger partial charge in [-0.15, -0.1) is 10.2 Å². The lowest BCUT2D eigenvalue weighted by Crippen LogP contribution is -2.48. The van der Waals surface area contributed by atoms with Crippen LogP contribution in [-0.2, 0) is 4.79 Å². The van der Waals surface area contributed by atoms with Crippen LogP contribution in [0, 0.1) is 0 Å². The predicted octanol–water partition coefficient (Wildman–Crippen LogP) is 4.59. The van der Waals surface area contributed by atoms with Crippen molar-refractivity contribution in [2.45, 2.75) is 5.22 Å². The number of pyridine rings is 1. The van der Waals surface area contributed by atoms with Gasteiger partial charge >= 0.3 is 0 Å². The Hall–Kier alpha value is -3.70. The molecule has 0 atom stereocenters. The molecule has 1 fully saturated rings. The number of halogens is 1. The lowest BCUT2D eigenvalue weighted by Gasteiger charge is -2.36. The molecule has 2 amide bonds. The van der Waals surface area contributed by atoms with E-state index in [4.69, 9.17) is 4.42 Å². The third-order valence-corrected chi connectivity index (χ3v) is 7.31. The molecule has 1 saturated heterocycles. The molecule has 1 N–H and O–H groups in total. The van der Waals surface area contributed by atoms with Crippen molar-refractivity contribution in [2.75, 3.05) is 42.1 Å². The summed E-state index contributed by atoms with van der Waals surface area (Å²) in [6, 6.07) is 20.6. The van der Waals surface area contributed by atoms with E-state index in [0.29, 0.717) is 41.1 Å². The van der Waals surface area contributed by atoms with Crippen molar-refractivity contribution < 1.29 is 14.0 Å². The second-order valence-electron chi connectivity index (χ2n) is 8.23. The van der Waals surface area contributed by atoms with Crippen molar-refractivity contribution in [1.29, 1.82) is 0 Å². The van der Waals surface area contributed by atoms with E-state index < -0.39 is 0 Å². The van der Waals surface area contributed by atoms with Gasteiger partial charge in [-0.1, -0.05) is 30.0 Å². The Bertz CT molecular complexity index is 1370. The van der Waals surface area contributed by atoms with Crippen molar-refractivity contribution in [1.82, 2.24) is 20.1 Å². The van der Waals surface area contributed by atoms with Crippen LogP contribution in [0.1, 0.15) is 10.4 Å². The molecular formula is C26H23BrN6O3S. The summed E-state index contributed by atoms with van der Waals surface area (Å²) in [6.45, 7) is 2.77. The van der Waals surface area contributed by atoms with E-state index >= 15 is 0 Å². The summed E-state index contributed by atoms with van der Waals surface area (Å²) in [5.74, 6) is 0.322. The van der Waals surface area contributed by atoms with Gasteiger partial charge in [0.25, 0.3) is 17.0 Å². The van der Waals surface area contributed by atoms with Gasteiger partial charge in [-0.3, -0.25) is 14.6 Å². The average molecular weight is 579 g/mol. The molecule has 1 aliphatic rings. The Morgan fingerprint density at radius 2 is 1.70 bits per heavy atom. The third-order valence-electron chi connectivity index (χ3n) is 5.80. The van der Waals surface area contributed by atoms with Gasteiger partial charge in [-0.2, -0.15) is 0 Å². The average Bonchev–Trinajstić information content (AvgIpc) is 3.42. The van der Waals surface area contributed by atoms with E-state index in [-0.39, 0.29) is 17.6 Å². The maximum absolute atomic E-state index is 12.8. The number of carbonyl (C=O) groups excluding carboxylic acids is 2. The lowest BCUT2D eigenvalue weighted by atomic mass is 10.1. The normalized spacial score (nSPS) is 13.4. The second-order valence-corrected chi connectivity index (χ2v) is 10.0.